The van der Waals surface area contributed by atoms with Gasteiger partial charge in [-0.25, -0.2) is 4.98 Å². The van der Waals surface area contributed by atoms with Crippen molar-refractivity contribution in [2.75, 3.05) is 5.32 Å². The van der Waals surface area contributed by atoms with Gasteiger partial charge in [0.2, 0.25) is 0 Å². The first-order valence-corrected chi connectivity index (χ1v) is 6.76. The van der Waals surface area contributed by atoms with Crippen molar-refractivity contribution in [3.05, 3.63) is 22.2 Å². The summed E-state index contributed by atoms with van der Waals surface area (Å²) in [6.07, 6.45) is 5.64. The van der Waals surface area contributed by atoms with Crippen molar-refractivity contribution in [2.45, 2.75) is 56.6 Å². The molecule has 2 fully saturated rings. The molecule has 2 saturated carbocycles. The van der Waals surface area contributed by atoms with Crippen molar-refractivity contribution < 1.29 is 5.11 Å². The number of hydrogen-bond acceptors (Lipinski definition) is 4. The van der Waals surface area contributed by atoms with Crippen molar-refractivity contribution in [1.82, 2.24) is 9.97 Å². The molecule has 2 aliphatic carbocycles. The van der Waals surface area contributed by atoms with E-state index < -0.39 is 0 Å². The van der Waals surface area contributed by atoms with Gasteiger partial charge in [0.25, 0.3) is 5.56 Å². The van der Waals surface area contributed by atoms with E-state index in [1.165, 1.54) is 6.07 Å². The number of H-pyrrole nitrogens is 1. The van der Waals surface area contributed by atoms with Crippen molar-refractivity contribution in [3.8, 4) is 0 Å². The van der Waals surface area contributed by atoms with Crippen LogP contribution in [0.5, 0.6) is 0 Å². The summed E-state index contributed by atoms with van der Waals surface area (Å²) in [6, 6.07) is 1.85. The quantitative estimate of drug-likeness (QED) is 0.756. The molecule has 18 heavy (non-hydrogen) atoms. The smallest absolute Gasteiger partial charge is 0.252 e. The topological polar surface area (TPSA) is 78.0 Å². The average Bonchev–Trinajstić information content (AvgIpc) is 3.15. The van der Waals surface area contributed by atoms with Gasteiger partial charge in [-0.2, -0.15) is 0 Å². The SMILES string of the molecule is O=c1cc(NC2CCC(O)CC2)nc(C2CC2)[nH]1. The van der Waals surface area contributed by atoms with Crippen molar-refractivity contribution >= 4 is 5.82 Å². The number of anilines is 1. The Labute approximate surface area is 106 Å². The van der Waals surface area contributed by atoms with Crippen LogP contribution in [0.25, 0.3) is 0 Å². The summed E-state index contributed by atoms with van der Waals surface area (Å²) < 4.78 is 0. The summed E-state index contributed by atoms with van der Waals surface area (Å²) in [7, 11) is 0. The molecule has 0 aromatic carbocycles. The van der Waals surface area contributed by atoms with Crippen LogP contribution in [-0.2, 0) is 0 Å². The summed E-state index contributed by atoms with van der Waals surface area (Å²) in [4.78, 5) is 18.8. The molecule has 5 heteroatoms. The molecule has 2 aliphatic rings. The molecule has 0 amide bonds. The Kier molecular flexibility index (Phi) is 3.07. The van der Waals surface area contributed by atoms with E-state index in [2.05, 4.69) is 15.3 Å². The van der Waals surface area contributed by atoms with E-state index >= 15 is 0 Å². The maximum absolute atomic E-state index is 11.6. The minimum Gasteiger partial charge on any atom is -0.393 e. The molecule has 3 rings (SSSR count). The van der Waals surface area contributed by atoms with Gasteiger partial charge >= 0.3 is 0 Å². The summed E-state index contributed by atoms with van der Waals surface area (Å²) in [5, 5.41) is 12.8. The van der Waals surface area contributed by atoms with Crippen molar-refractivity contribution in [3.63, 3.8) is 0 Å². The third-order valence-corrected chi connectivity index (χ3v) is 3.77. The number of aliphatic hydroxyl groups is 1. The Hall–Kier alpha value is -1.36. The molecule has 3 N–H and O–H groups in total. The fourth-order valence-electron chi connectivity index (χ4n) is 2.53. The zero-order valence-electron chi connectivity index (χ0n) is 10.4. The predicted octanol–water partition coefficient (Wildman–Crippen LogP) is 1.36. The van der Waals surface area contributed by atoms with Crippen LogP contribution < -0.4 is 10.9 Å². The van der Waals surface area contributed by atoms with Crippen LogP contribution in [0.4, 0.5) is 5.82 Å². The van der Waals surface area contributed by atoms with Gasteiger partial charge in [-0.3, -0.25) is 4.79 Å². The molecule has 98 valence electrons. The van der Waals surface area contributed by atoms with Gasteiger partial charge in [0.05, 0.1) is 6.10 Å². The molecule has 0 radical (unpaired) electrons. The zero-order chi connectivity index (χ0) is 12.5. The summed E-state index contributed by atoms with van der Waals surface area (Å²) in [5.74, 6) is 1.95. The Morgan fingerprint density at radius 3 is 2.61 bits per heavy atom. The van der Waals surface area contributed by atoms with Gasteiger partial charge in [0.1, 0.15) is 11.6 Å². The zero-order valence-corrected chi connectivity index (χ0v) is 10.4. The van der Waals surface area contributed by atoms with E-state index in [1.54, 1.807) is 0 Å². The predicted molar refractivity (Wildman–Crippen MR) is 68.7 cm³/mol. The van der Waals surface area contributed by atoms with Gasteiger partial charge < -0.3 is 15.4 Å². The van der Waals surface area contributed by atoms with E-state index in [-0.39, 0.29) is 11.7 Å². The monoisotopic (exact) mass is 249 g/mol. The molecule has 1 aromatic rings. The van der Waals surface area contributed by atoms with Gasteiger partial charge in [0.15, 0.2) is 0 Å². The Balaban J connectivity index is 1.70. The maximum Gasteiger partial charge on any atom is 0.252 e. The van der Waals surface area contributed by atoms with Crippen LogP contribution in [0.2, 0.25) is 0 Å². The Bertz CT molecular complexity index is 473. The van der Waals surface area contributed by atoms with Crippen LogP contribution in [0, 0.1) is 0 Å². The molecular formula is C13H19N3O2. The van der Waals surface area contributed by atoms with E-state index in [0.717, 1.165) is 44.3 Å². The molecule has 0 spiro atoms. The fraction of sp³-hybridized carbons (Fsp3) is 0.692. The van der Waals surface area contributed by atoms with E-state index in [9.17, 15) is 9.90 Å². The summed E-state index contributed by atoms with van der Waals surface area (Å²) in [6.45, 7) is 0. The lowest BCUT2D eigenvalue weighted by Gasteiger charge is -2.26. The van der Waals surface area contributed by atoms with Gasteiger partial charge in [-0.05, 0) is 38.5 Å². The molecular weight excluding hydrogens is 230 g/mol. The van der Waals surface area contributed by atoms with Gasteiger partial charge in [-0.1, -0.05) is 0 Å². The van der Waals surface area contributed by atoms with E-state index in [4.69, 9.17) is 0 Å². The van der Waals surface area contributed by atoms with Crippen molar-refractivity contribution in [1.29, 1.82) is 0 Å². The Morgan fingerprint density at radius 1 is 1.22 bits per heavy atom. The molecule has 5 nitrogen and oxygen atoms in total. The number of hydrogen-bond donors (Lipinski definition) is 3. The number of aromatic nitrogens is 2. The molecule has 1 heterocycles. The summed E-state index contributed by atoms with van der Waals surface area (Å²) in [5.41, 5.74) is -0.0785. The largest absolute Gasteiger partial charge is 0.393 e. The first-order valence-electron chi connectivity index (χ1n) is 6.76. The first-order chi connectivity index (χ1) is 8.70. The second-order valence-corrected chi connectivity index (χ2v) is 5.44. The molecule has 0 saturated heterocycles. The molecule has 0 aliphatic heterocycles. The number of rotatable bonds is 3. The lowest BCUT2D eigenvalue weighted by molar-refractivity contribution is 0.126. The van der Waals surface area contributed by atoms with E-state index in [1.807, 2.05) is 0 Å². The third kappa shape index (κ3) is 2.72. The van der Waals surface area contributed by atoms with Crippen LogP contribution in [-0.4, -0.2) is 27.2 Å². The van der Waals surface area contributed by atoms with Crippen molar-refractivity contribution in [2.24, 2.45) is 0 Å². The molecule has 0 atom stereocenters. The lowest BCUT2D eigenvalue weighted by Crippen LogP contribution is -2.29. The fourth-order valence-corrected chi connectivity index (χ4v) is 2.53. The van der Waals surface area contributed by atoms with Gasteiger partial charge in [0, 0.05) is 18.0 Å². The lowest BCUT2D eigenvalue weighted by atomic mass is 9.93. The standard InChI is InChI=1S/C13H19N3O2/c17-10-5-3-9(4-6-10)14-11-7-12(18)16-13(15-11)8-1-2-8/h7-10,17H,1-6H2,(H2,14,15,16,18). The number of nitrogens with zero attached hydrogens (tertiary/aromatic N) is 1. The van der Waals surface area contributed by atoms with Crippen LogP contribution in [0.3, 0.4) is 0 Å². The van der Waals surface area contributed by atoms with E-state index in [0.29, 0.717) is 17.8 Å². The van der Waals surface area contributed by atoms with Crippen LogP contribution in [0.1, 0.15) is 50.3 Å². The maximum atomic E-state index is 11.6. The minimum absolute atomic E-state index is 0.0785. The molecule has 1 aromatic heterocycles. The first kappa shape index (κ1) is 11.7. The Morgan fingerprint density at radius 2 is 1.94 bits per heavy atom. The highest BCUT2D eigenvalue weighted by Gasteiger charge is 2.27. The molecule has 0 bridgehead atoms. The number of aliphatic hydroxyl groups excluding tert-OH is 1. The second kappa shape index (κ2) is 4.72. The normalized spacial score (nSPS) is 28.1. The van der Waals surface area contributed by atoms with Gasteiger partial charge in [-0.15, -0.1) is 0 Å². The number of aromatic amines is 1. The average molecular weight is 249 g/mol. The number of nitrogens with one attached hydrogen (secondary N) is 2. The highest BCUT2D eigenvalue weighted by Crippen LogP contribution is 2.37. The third-order valence-electron chi connectivity index (χ3n) is 3.77. The highest BCUT2D eigenvalue weighted by atomic mass is 16.3. The summed E-state index contributed by atoms with van der Waals surface area (Å²) >= 11 is 0. The highest BCUT2D eigenvalue weighted by molar-refractivity contribution is 5.35. The molecule has 0 unspecified atom stereocenters. The minimum atomic E-state index is -0.155. The van der Waals surface area contributed by atoms with Crippen LogP contribution >= 0.6 is 0 Å². The van der Waals surface area contributed by atoms with Crippen LogP contribution in [0.15, 0.2) is 10.9 Å². The second-order valence-electron chi connectivity index (χ2n) is 5.44.